The van der Waals surface area contributed by atoms with Crippen LogP contribution < -0.4 is 10.6 Å². The van der Waals surface area contributed by atoms with E-state index in [4.69, 9.17) is 0 Å². The van der Waals surface area contributed by atoms with Gasteiger partial charge in [0.1, 0.15) is 0 Å². The number of benzene rings is 1. The van der Waals surface area contributed by atoms with Gasteiger partial charge in [-0.05, 0) is 18.6 Å². The van der Waals surface area contributed by atoms with Crippen LogP contribution in [-0.2, 0) is 12.6 Å². The summed E-state index contributed by atoms with van der Waals surface area (Å²) in [6.45, 7) is 5.35. The molecule has 2 heterocycles. The minimum atomic E-state index is 0.0408. The van der Waals surface area contributed by atoms with Gasteiger partial charge in [-0.15, -0.1) is 0 Å². The molecule has 2 N–H and O–H groups in total. The fourth-order valence-electron chi connectivity index (χ4n) is 2.80. The van der Waals surface area contributed by atoms with Crippen molar-refractivity contribution >= 4 is 10.9 Å². The highest BCUT2D eigenvalue weighted by Gasteiger charge is 2.30. The van der Waals surface area contributed by atoms with Crippen LogP contribution in [0.5, 0.6) is 0 Å². The first-order valence-corrected chi connectivity index (χ1v) is 6.21. The summed E-state index contributed by atoms with van der Waals surface area (Å²) in [6.07, 6.45) is 2.25. The molecule has 1 aromatic heterocycles. The molecule has 0 saturated carbocycles. The van der Waals surface area contributed by atoms with Crippen LogP contribution in [-0.4, -0.2) is 24.2 Å². The molecular formula is C14H19N3. The number of piperazine rings is 1. The summed E-state index contributed by atoms with van der Waals surface area (Å²) in [7, 11) is 2.12. The molecule has 1 fully saturated rings. The van der Waals surface area contributed by atoms with Gasteiger partial charge in [-0.25, -0.2) is 0 Å². The maximum absolute atomic E-state index is 3.64. The topological polar surface area (TPSA) is 29.0 Å². The molecule has 17 heavy (non-hydrogen) atoms. The van der Waals surface area contributed by atoms with E-state index in [2.05, 4.69) is 59.6 Å². The molecule has 0 amide bonds. The zero-order chi connectivity index (χ0) is 11.9. The Labute approximate surface area is 102 Å². The molecule has 1 aliphatic heterocycles. The van der Waals surface area contributed by atoms with Crippen LogP contribution in [0.2, 0.25) is 0 Å². The molecular weight excluding hydrogens is 210 g/mol. The fourth-order valence-corrected chi connectivity index (χ4v) is 2.80. The number of nitrogens with one attached hydrogen (secondary N) is 2. The van der Waals surface area contributed by atoms with Crippen LogP contribution in [0, 0.1) is 0 Å². The second-order valence-corrected chi connectivity index (χ2v) is 5.11. The molecule has 1 unspecified atom stereocenters. The molecule has 3 rings (SSSR count). The number of hydrogen-bond donors (Lipinski definition) is 2. The van der Waals surface area contributed by atoms with E-state index in [9.17, 15) is 0 Å². The molecule has 0 radical (unpaired) electrons. The molecule has 1 saturated heterocycles. The number of aryl methyl sites for hydroxylation is 1. The molecule has 1 aromatic carbocycles. The summed E-state index contributed by atoms with van der Waals surface area (Å²) in [5.74, 6) is 0. The van der Waals surface area contributed by atoms with E-state index in [0.29, 0.717) is 0 Å². The van der Waals surface area contributed by atoms with Gasteiger partial charge in [-0.3, -0.25) is 0 Å². The zero-order valence-electron chi connectivity index (χ0n) is 10.5. The third kappa shape index (κ3) is 1.66. The summed E-state index contributed by atoms with van der Waals surface area (Å²) >= 11 is 0. The highest BCUT2D eigenvalue weighted by atomic mass is 15.1. The lowest BCUT2D eigenvalue weighted by Gasteiger charge is -2.35. The molecule has 1 atom stereocenters. The zero-order valence-corrected chi connectivity index (χ0v) is 10.5. The summed E-state index contributed by atoms with van der Waals surface area (Å²) in [5, 5.41) is 8.47. The van der Waals surface area contributed by atoms with Gasteiger partial charge in [0.15, 0.2) is 0 Å². The standard InChI is InChI=1S/C14H19N3/c1-14(10-15-7-8-16-14)12-9-17(2)13-6-4-3-5-11(12)13/h3-6,9,15-16H,7-8,10H2,1-2H3. The van der Waals surface area contributed by atoms with Crippen molar-refractivity contribution in [3.63, 3.8) is 0 Å². The maximum Gasteiger partial charge on any atom is 0.0554 e. The quantitative estimate of drug-likeness (QED) is 0.777. The summed E-state index contributed by atoms with van der Waals surface area (Å²) in [4.78, 5) is 0. The van der Waals surface area contributed by atoms with Gasteiger partial charge < -0.3 is 15.2 Å². The average Bonchev–Trinajstić information content (AvgIpc) is 2.69. The van der Waals surface area contributed by atoms with Crippen LogP contribution in [0.1, 0.15) is 12.5 Å². The van der Waals surface area contributed by atoms with Crippen molar-refractivity contribution in [1.82, 2.24) is 15.2 Å². The first-order chi connectivity index (χ1) is 8.21. The minimum absolute atomic E-state index is 0.0408. The predicted octanol–water partition coefficient (Wildman–Crippen LogP) is 1.59. The Bertz CT molecular complexity index is 535. The minimum Gasteiger partial charge on any atom is -0.350 e. The highest BCUT2D eigenvalue weighted by Crippen LogP contribution is 2.30. The van der Waals surface area contributed by atoms with Crippen LogP contribution in [0.4, 0.5) is 0 Å². The molecule has 0 spiro atoms. The largest absolute Gasteiger partial charge is 0.350 e. The molecule has 0 bridgehead atoms. The molecule has 90 valence electrons. The monoisotopic (exact) mass is 229 g/mol. The van der Waals surface area contributed by atoms with Crippen LogP contribution in [0.25, 0.3) is 10.9 Å². The Hall–Kier alpha value is -1.32. The predicted molar refractivity (Wildman–Crippen MR) is 71.1 cm³/mol. The van der Waals surface area contributed by atoms with E-state index in [1.165, 1.54) is 16.5 Å². The van der Waals surface area contributed by atoms with E-state index >= 15 is 0 Å². The molecule has 3 nitrogen and oxygen atoms in total. The summed E-state index contributed by atoms with van der Waals surface area (Å²) in [6, 6.07) is 8.61. The fraction of sp³-hybridized carbons (Fsp3) is 0.429. The van der Waals surface area contributed by atoms with E-state index in [1.807, 2.05) is 0 Å². The average molecular weight is 229 g/mol. The Morgan fingerprint density at radius 3 is 2.82 bits per heavy atom. The van der Waals surface area contributed by atoms with Crippen molar-refractivity contribution < 1.29 is 0 Å². The van der Waals surface area contributed by atoms with Crippen LogP contribution >= 0.6 is 0 Å². The number of para-hydroxylation sites is 1. The van der Waals surface area contributed by atoms with Gasteiger partial charge in [0.05, 0.1) is 5.54 Å². The van der Waals surface area contributed by atoms with E-state index in [-0.39, 0.29) is 5.54 Å². The Kier molecular flexibility index (Phi) is 2.45. The van der Waals surface area contributed by atoms with Gasteiger partial charge in [-0.1, -0.05) is 18.2 Å². The normalized spacial score (nSPS) is 25.3. The summed E-state index contributed by atoms with van der Waals surface area (Å²) < 4.78 is 2.21. The first-order valence-electron chi connectivity index (χ1n) is 6.21. The highest BCUT2D eigenvalue weighted by molar-refractivity contribution is 5.85. The van der Waals surface area contributed by atoms with Gasteiger partial charge in [0.2, 0.25) is 0 Å². The van der Waals surface area contributed by atoms with E-state index < -0.39 is 0 Å². The van der Waals surface area contributed by atoms with Crippen molar-refractivity contribution in [2.24, 2.45) is 7.05 Å². The lowest BCUT2D eigenvalue weighted by Crippen LogP contribution is -2.54. The molecule has 3 heteroatoms. The molecule has 0 aliphatic carbocycles. The summed E-state index contributed by atoms with van der Waals surface area (Å²) in [5.41, 5.74) is 2.73. The number of hydrogen-bond acceptors (Lipinski definition) is 2. The molecule has 2 aromatic rings. The van der Waals surface area contributed by atoms with Crippen molar-refractivity contribution in [2.45, 2.75) is 12.5 Å². The van der Waals surface area contributed by atoms with Gasteiger partial charge >= 0.3 is 0 Å². The lowest BCUT2D eigenvalue weighted by atomic mass is 9.90. The first kappa shape index (κ1) is 10.8. The van der Waals surface area contributed by atoms with Gasteiger partial charge in [0.25, 0.3) is 0 Å². The number of fused-ring (bicyclic) bond motifs is 1. The maximum atomic E-state index is 3.64. The lowest BCUT2D eigenvalue weighted by molar-refractivity contribution is 0.305. The van der Waals surface area contributed by atoms with Crippen molar-refractivity contribution in [3.8, 4) is 0 Å². The third-order valence-corrected chi connectivity index (χ3v) is 3.79. The van der Waals surface area contributed by atoms with Crippen molar-refractivity contribution in [3.05, 3.63) is 36.0 Å². The Balaban J connectivity index is 2.16. The van der Waals surface area contributed by atoms with Crippen LogP contribution in [0.15, 0.2) is 30.5 Å². The third-order valence-electron chi connectivity index (χ3n) is 3.79. The van der Waals surface area contributed by atoms with E-state index in [1.54, 1.807) is 0 Å². The molecule has 1 aliphatic rings. The number of nitrogens with zero attached hydrogens (tertiary/aromatic N) is 1. The van der Waals surface area contributed by atoms with E-state index in [0.717, 1.165) is 19.6 Å². The SMILES string of the molecule is Cn1cc(C2(C)CNCCN2)c2ccccc21. The van der Waals surface area contributed by atoms with Crippen LogP contribution in [0.3, 0.4) is 0 Å². The number of aromatic nitrogens is 1. The Morgan fingerprint density at radius 1 is 1.24 bits per heavy atom. The second-order valence-electron chi connectivity index (χ2n) is 5.11. The van der Waals surface area contributed by atoms with Crippen molar-refractivity contribution in [1.29, 1.82) is 0 Å². The second kappa shape index (κ2) is 3.86. The van der Waals surface area contributed by atoms with Gasteiger partial charge in [-0.2, -0.15) is 0 Å². The smallest absolute Gasteiger partial charge is 0.0554 e. The number of rotatable bonds is 1. The Morgan fingerprint density at radius 2 is 2.06 bits per heavy atom. The van der Waals surface area contributed by atoms with Crippen molar-refractivity contribution in [2.75, 3.05) is 19.6 Å². The van der Waals surface area contributed by atoms with Gasteiger partial charge in [0, 0.05) is 43.8 Å².